The molecule has 2 aromatic carbocycles. The van der Waals surface area contributed by atoms with Gasteiger partial charge in [0.1, 0.15) is 17.8 Å². The Hall–Kier alpha value is -4.46. The normalized spacial score (nSPS) is 20.4. The van der Waals surface area contributed by atoms with Crippen molar-refractivity contribution in [2.45, 2.75) is 94.0 Å². The predicted molar refractivity (Wildman–Crippen MR) is 178 cm³/mol. The highest BCUT2D eigenvalue weighted by atomic mass is 31.2. The minimum Gasteiger partial charge on any atom is -0.370 e. The van der Waals surface area contributed by atoms with Gasteiger partial charge in [-0.1, -0.05) is 49.2 Å². The Morgan fingerprint density at radius 2 is 1.72 bits per heavy atom. The molecule has 0 bridgehead atoms. The van der Waals surface area contributed by atoms with Gasteiger partial charge in [0.25, 0.3) is 5.91 Å². The van der Waals surface area contributed by atoms with Crippen molar-refractivity contribution in [3.63, 3.8) is 0 Å². The number of benzene rings is 2. The number of nitrogens with two attached hydrogens (primary N) is 1. The van der Waals surface area contributed by atoms with Gasteiger partial charge < -0.3 is 36.0 Å². The number of hydrogen-bond donors (Lipinski definition) is 6. The van der Waals surface area contributed by atoms with E-state index in [1.165, 1.54) is 17.0 Å². The van der Waals surface area contributed by atoms with E-state index >= 15 is 0 Å². The van der Waals surface area contributed by atoms with Crippen LogP contribution in [0.15, 0.2) is 54.6 Å². The molecule has 2 saturated heterocycles. The Bertz CT molecular complexity index is 1810. The summed E-state index contributed by atoms with van der Waals surface area (Å²) in [5.41, 5.74) is 1.13. The number of carbonyl (C=O) groups is 5. The lowest BCUT2D eigenvalue weighted by Crippen LogP contribution is -2.57. The zero-order valence-electron chi connectivity index (χ0n) is 27.1. The van der Waals surface area contributed by atoms with Crippen molar-refractivity contribution in [1.82, 2.24) is 20.5 Å². The molecular formula is C34H40F2N5O8P. The van der Waals surface area contributed by atoms with Gasteiger partial charge in [0.2, 0.25) is 17.7 Å². The summed E-state index contributed by atoms with van der Waals surface area (Å²) in [7, 11) is -5.81. The molecule has 2 fully saturated rings. The highest BCUT2D eigenvalue weighted by molar-refractivity contribution is 7.52. The summed E-state index contributed by atoms with van der Waals surface area (Å²) in [6, 6.07) is 10.3. The van der Waals surface area contributed by atoms with Crippen LogP contribution in [0.25, 0.3) is 10.9 Å². The number of fused-ring (bicyclic) bond motifs is 2. The molecule has 1 aromatic heterocycles. The van der Waals surface area contributed by atoms with E-state index in [1.807, 2.05) is 30.3 Å². The summed E-state index contributed by atoms with van der Waals surface area (Å²) in [6.07, 6.45) is 3.63. The van der Waals surface area contributed by atoms with Crippen LogP contribution in [-0.4, -0.2) is 73.3 Å². The third-order valence-electron chi connectivity index (χ3n) is 9.41. The lowest BCUT2D eigenvalue weighted by Gasteiger charge is -2.35. The molecule has 0 saturated carbocycles. The van der Waals surface area contributed by atoms with Gasteiger partial charge in [-0.25, -0.2) is 0 Å². The average Bonchev–Trinajstić information content (AvgIpc) is 3.70. The maximum absolute atomic E-state index is 14.3. The monoisotopic (exact) mass is 715 g/mol. The lowest BCUT2D eigenvalue weighted by atomic mass is 9.98. The number of aryl methyl sites for hydroxylation is 1. The third-order valence-corrected chi connectivity index (χ3v) is 10.4. The number of nitrogens with zero attached hydrogens (tertiary/aromatic N) is 1. The first-order valence-corrected chi connectivity index (χ1v) is 18.1. The van der Waals surface area contributed by atoms with Crippen molar-refractivity contribution >= 4 is 47.9 Å². The second-order valence-corrected chi connectivity index (χ2v) is 14.5. The number of rotatable bonds is 13. The maximum atomic E-state index is 14.3. The van der Waals surface area contributed by atoms with Gasteiger partial charge in [-0.15, -0.1) is 0 Å². The van der Waals surface area contributed by atoms with Crippen molar-refractivity contribution in [2.75, 3.05) is 0 Å². The molecule has 0 unspecified atom stereocenters. The van der Waals surface area contributed by atoms with E-state index in [1.54, 1.807) is 0 Å². The van der Waals surface area contributed by atoms with E-state index in [2.05, 4.69) is 15.6 Å². The van der Waals surface area contributed by atoms with Crippen LogP contribution >= 0.6 is 7.60 Å². The number of H-pyrrole nitrogens is 1. The summed E-state index contributed by atoms with van der Waals surface area (Å²) in [5, 5.41) is 5.59. The number of aromatic nitrogens is 1. The molecule has 16 heteroatoms. The minimum absolute atomic E-state index is 0.0143. The van der Waals surface area contributed by atoms with Crippen LogP contribution in [0.2, 0.25) is 0 Å². The Morgan fingerprint density at radius 1 is 1.00 bits per heavy atom. The van der Waals surface area contributed by atoms with Crippen LogP contribution in [0.4, 0.5) is 8.78 Å². The fourth-order valence-electron chi connectivity index (χ4n) is 6.72. The van der Waals surface area contributed by atoms with E-state index in [0.717, 1.165) is 24.1 Å². The number of primary amides is 1. The standard InChI is InChI=1S/C34H40F2N5O8P/c35-34(36,50(47,48)49)22-11-13-24-21(18-22)19-27(38-24)31(44)40-26-9-5-4-8-23-12-15-28(41(23)33(26)46)32(45)39-25(14-17-30(37)43)29(42)16-10-20-6-2-1-3-7-20/h1-3,6-7,11,13,18-19,23,25-26,28,38H,4-5,8-10,12,14-17H2,(H2,37,43)(H,39,45)(H,40,44)(H2,47,48,49)/t23-,25-,26-,28-/m0/s1. The number of amides is 4. The first kappa shape index (κ1) is 36.8. The number of hydrogen-bond acceptors (Lipinski definition) is 6. The highest BCUT2D eigenvalue weighted by Crippen LogP contribution is 2.59. The Balaban J connectivity index is 1.29. The SMILES string of the molecule is NC(=O)CC[C@H](NC(=O)[C@@H]1CC[C@@H]2CCCC[C@H](NC(=O)c3cc4cc(C(F)(F)P(=O)(O)O)ccc4[nH]3)C(=O)N21)C(=O)CCc1ccccc1. The summed E-state index contributed by atoms with van der Waals surface area (Å²) in [6.45, 7) is 0. The molecule has 13 nitrogen and oxygen atoms in total. The number of ketones is 1. The fourth-order valence-corrected chi connectivity index (χ4v) is 7.20. The van der Waals surface area contributed by atoms with Crippen molar-refractivity contribution in [3.8, 4) is 0 Å². The van der Waals surface area contributed by atoms with Gasteiger partial charge in [-0.2, -0.15) is 8.78 Å². The Kier molecular flexibility index (Phi) is 11.2. The molecule has 4 atom stereocenters. The molecule has 0 aliphatic carbocycles. The van der Waals surface area contributed by atoms with Crippen molar-refractivity contribution in [2.24, 2.45) is 5.73 Å². The van der Waals surface area contributed by atoms with E-state index in [0.29, 0.717) is 32.1 Å². The molecule has 3 aromatic rings. The summed E-state index contributed by atoms with van der Waals surface area (Å²) in [5.74, 6) is -2.60. The second kappa shape index (κ2) is 15.2. The van der Waals surface area contributed by atoms with E-state index in [4.69, 9.17) is 15.5 Å². The van der Waals surface area contributed by atoms with E-state index in [9.17, 15) is 37.3 Å². The zero-order chi connectivity index (χ0) is 36.2. The van der Waals surface area contributed by atoms with Crippen molar-refractivity contribution < 1.29 is 47.1 Å². The van der Waals surface area contributed by atoms with E-state index < -0.39 is 60.6 Å². The molecule has 5 rings (SSSR count). The summed E-state index contributed by atoms with van der Waals surface area (Å²) < 4.78 is 39.9. The summed E-state index contributed by atoms with van der Waals surface area (Å²) in [4.78, 5) is 88.4. The van der Waals surface area contributed by atoms with Crippen molar-refractivity contribution in [3.05, 3.63) is 71.4 Å². The topological polar surface area (TPSA) is 212 Å². The maximum Gasteiger partial charge on any atom is 0.399 e. The Morgan fingerprint density at radius 3 is 2.42 bits per heavy atom. The number of alkyl halides is 2. The molecule has 268 valence electrons. The van der Waals surface area contributed by atoms with Crippen LogP contribution in [-0.2, 0) is 35.8 Å². The van der Waals surface area contributed by atoms with Gasteiger partial charge in [0, 0.05) is 35.3 Å². The van der Waals surface area contributed by atoms with E-state index in [-0.39, 0.29) is 54.1 Å². The number of halogens is 2. The summed E-state index contributed by atoms with van der Waals surface area (Å²) >= 11 is 0. The largest absolute Gasteiger partial charge is 0.399 e. The predicted octanol–water partition coefficient (Wildman–Crippen LogP) is 3.38. The Labute approximate surface area is 286 Å². The molecular weight excluding hydrogens is 675 g/mol. The van der Waals surface area contributed by atoms with Crippen LogP contribution in [0.1, 0.15) is 79.4 Å². The molecule has 2 aliphatic heterocycles. The molecule has 2 aliphatic rings. The van der Waals surface area contributed by atoms with Crippen molar-refractivity contribution in [1.29, 1.82) is 0 Å². The second-order valence-electron chi connectivity index (χ2n) is 12.9. The number of Topliss-reactive ketones (excluding diaryl/α,β-unsaturated/α-hetero) is 1. The van der Waals surface area contributed by atoms with Gasteiger partial charge in [-0.05, 0) is 62.3 Å². The van der Waals surface area contributed by atoms with Crippen LogP contribution in [0.5, 0.6) is 0 Å². The quantitative estimate of drug-likeness (QED) is 0.144. The highest BCUT2D eigenvalue weighted by Gasteiger charge is 2.50. The first-order valence-electron chi connectivity index (χ1n) is 16.5. The molecule has 50 heavy (non-hydrogen) atoms. The van der Waals surface area contributed by atoms with Crippen LogP contribution in [0.3, 0.4) is 0 Å². The minimum atomic E-state index is -5.81. The number of aromatic amines is 1. The van der Waals surface area contributed by atoms with Gasteiger partial charge >= 0.3 is 13.3 Å². The lowest BCUT2D eigenvalue weighted by molar-refractivity contribution is -0.143. The van der Waals surface area contributed by atoms with Gasteiger partial charge in [0.05, 0.1) is 6.04 Å². The fraction of sp³-hybridized carbons (Fsp3) is 0.441. The molecule has 3 heterocycles. The van der Waals surface area contributed by atoms with Gasteiger partial charge in [-0.3, -0.25) is 28.5 Å². The third kappa shape index (κ3) is 8.28. The molecule has 7 N–H and O–H groups in total. The zero-order valence-corrected chi connectivity index (χ0v) is 28.0. The average molecular weight is 716 g/mol. The number of nitrogens with one attached hydrogen (secondary N) is 3. The van der Waals surface area contributed by atoms with Crippen LogP contribution in [0, 0.1) is 0 Å². The molecule has 0 spiro atoms. The number of carbonyl (C=O) groups excluding carboxylic acids is 5. The van der Waals surface area contributed by atoms with Crippen LogP contribution < -0.4 is 16.4 Å². The smallest absolute Gasteiger partial charge is 0.370 e. The molecule has 4 amide bonds. The van der Waals surface area contributed by atoms with Gasteiger partial charge in [0.15, 0.2) is 5.78 Å². The first-order chi connectivity index (χ1) is 23.7. The molecule has 0 radical (unpaired) electrons.